The minimum atomic E-state index is -0.466. The van der Waals surface area contributed by atoms with E-state index < -0.39 is 12.0 Å². The molecule has 2 aromatic carbocycles. The lowest BCUT2D eigenvalue weighted by Gasteiger charge is -2.33. The molecule has 1 amide bonds. The van der Waals surface area contributed by atoms with Crippen molar-refractivity contribution in [1.82, 2.24) is 9.80 Å². The SMILES string of the molecule is CON1C=NC(Nc2ccc(F)c(Cl)c2)c2cc(OC3CCN(CCN4CCCC4=O)CC3)ccc21. The van der Waals surface area contributed by atoms with Crippen LogP contribution in [0.1, 0.15) is 37.4 Å². The van der Waals surface area contributed by atoms with Crippen molar-refractivity contribution >= 4 is 35.2 Å². The number of piperidine rings is 1. The summed E-state index contributed by atoms with van der Waals surface area (Å²) in [7, 11) is 1.58. The first-order valence-electron chi connectivity index (χ1n) is 12.4. The molecule has 3 aliphatic heterocycles. The average molecular weight is 516 g/mol. The van der Waals surface area contributed by atoms with Gasteiger partial charge in [-0.3, -0.25) is 9.63 Å². The van der Waals surface area contributed by atoms with Crippen molar-refractivity contribution < 1.29 is 18.8 Å². The molecule has 0 bridgehead atoms. The number of hydroxylamine groups is 1. The minimum absolute atomic E-state index is 0.0500. The number of hydrogen-bond donors (Lipinski definition) is 1. The molecule has 0 aromatic heterocycles. The Bertz CT molecular complexity index is 1120. The molecule has 192 valence electrons. The number of fused-ring (bicyclic) bond motifs is 1. The smallest absolute Gasteiger partial charge is 0.222 e. The standard InChI is InChI=1S/C26H31ClFN5O3/c1-35-33-17-29-26(30-18-4-6-23(28)22(27)15-18)21-16-20(5-7-24(21)33)36-19-8-11-31(12-9-19)13-14-32-10-2-3-25(32)34/h4-7,15-17,19,26,30H,2-3,8-14H2,1H3. The van der Waals surface area contributed by atoms with Crippen LogP contribution >= 0.6 is 11.6 Å². The number of halogens is 2. The zero-order valence-electron chi connectivity index (χ0n) is 20.3. The third-order valence-electron chi connectivity index (χ3n) is 6.97. The molecule has 5 rings (SSSR count). The van der Waals surface area contributed by atoms with Crippen LogP contribution in [0.25, 0.3) is 0 Å². The third-order valence-corrected chi connectivity index (χ3v) is 7.26. The van der Waals surface area contributed by atoms with E-state index in [-0.39, 0.29) is 17.0 Å². The van der Waals surface area contributed by atoms with E-state index in [9.17, 15) is 9.18 Å². The van der Waals surface area contributed by atoms with Crippen LogP contribution in [0.5, 0.6) is 5.75 Å². The van der Waals surface area contributed by atoms with Gasteiger partial charge >= 0.3 is 0 Å². The quantitative estimate of drug-likeness (QED) is 0.559. The van der Waals surface area contributed by atoms with E-state index in [0.29, 0.717) is 12.1 Å². The molecular formula is C26H31ClFN5O3. The zero-order chi connectivity index (χ0) is 25.1. The van der Waals surface area contributed by atoms with Crippen LogP contribution in [0.3, 0.4) is 0 Å². The molecule has 0 radical (unpaired) electrons. The molecule has 0 spiro atoms. The first kappa shape index (κ1) is 24.8. The molecule has 1 unspecified atom stereocenters. The second-order valence-corrected chi connectivity index (χ2v) is 9.72. The minimum Gasteiger partial charge on any atom is -0.490 e. The highest BCUT2D eigenvalue weighted by Gasteiger charge is 2.26. The van der Waals surface area contributed by atoms with E-state index in [4.69, 9.17) is 21.2 Å². The first-order chi connectivity index (χ1) is 17.5. The predicted molar refractivity (Wildman–Crippen MR) is 138 cm³/mol. The molecule has 0 aliphatic carbocycles. The summed E-state index contributed by atoms with van der Waals surface area (Å²) in [6, 6.07) is 10.4. The number of carbonyl (C=O) groups excluding carboxylic acids is 1. The van der Waals surface area contributed by atoms with Gasteiger partial charge in [0.25, 0.3) is 0 Å². The molecule has 1 atom stereocenters. The number of benzene rings is 2. The molecule has 3 heterocycles. The van der Waals surface area contributed by atoms with Crippen molar-refractivity contribution in [3.05, 3.63) is 52.8 Å². The van der Waals surface area contributed by atoms with Gasteiger partial charge in [-0.1, -0.05) is 11.6 Å². The topological polar surface area (TPSA) is 69.6 Å². The summed E-state index contributed by atoms with van der Waals surface area (Å²) in [6.45, 7) is 4.54. The normalized spacial score (nSPS) is 20.6. The van der Waals surface area contributed by atoms with E-state index in [1.54, 1.807) is 30.6 Å². The lowest BCUT2D eigenvalue weighted by molar-refractivity contribution is -0.127. The Hall–Kier alpha value is -2.88. The van der Waals surface area contributed by atoms with Crippen LogP contribution in [0, 0.1) is 5.82 Å². The largest absolute Gasteiger partial charge is 0.490 e. The monoisotopic (exact) mass is 515 g/mol. The summed E-state index contributed by atoms with van der Waals surface area (Å²) in [5, 5.41) is 4.95. The van der Waals surface area contributed by atoms with Crippen LogP contribution in [0.2, 0.25) is 5.02 Å². The molecule has 1 N–H and O–H groups in total. The Labute approximate surface area is 215 Å². The van der Waals surface area contributed by atoms with Gasteiger partial charge in [-0.25, -0.2) is 14.4 Å². The molecule has 2 aromatic rings. The second-order valence-electron chi connectivity index (χ2n) is 9.31. The van der Waals surface area contributed by atoms with Gasteiger partial charge in [0.15, 0.2) is 0 Å². The Morgan fingerprint density at radius 1 is 1.14 bits per heavy atom. The number of aliphatic imine (C=N–C) groups is 1. The Kier molecular flexibility index (Phi) is 7.59. The molecule has 2 fully saturated rings. The number of rotatable bonds is 8. The fraction of sp³-hybridized carbons (Fsp3) is 0.462. The third kappa shape index (κ3) is 5.58. The lowest BCUT2D eigenvalue weighted by Crippen LogP contribution is -2.42. The van der Waals surface area contributed by atoms with Crippen molar-refractivity contribution in [3.63, 3.8) is 0 Å². The van der Waals surface area contributed by atoms with Crippen molar-refractivity contribution in [1.29, 1.82) is 0 Å². The maximum atomic E-state index is 13.6. The number of nitrogens with zero attached hydrogens (tertiary/aromatic N) is 4. The van der Waals surface area contributed by atoms with E-state index >= 15 is 0 Å². The average Bonchev–Trinajstić information content (AvgIpc) is 3.30. The van der Waals surface area contributed by atoms with Crippen molar-refractivity contribution in [3.8, 4) is 5.75 Å². The lowest BCUT2D eigenvalue weighted by atomic mass is 10.1. The highest BCUT2D eigenvalue weighted by molar-refractivity contribution is 6.31. The summed E-state index contributed by atoms with van der Waals surface area (Å²) >= 11 is 5.96. The molecule has 36 heavy (non-hydrogen) atoms. The predicted octanol–water partition coefficient (Wildman–Crippen LogP) is 4.47. The van der Waals surface area contributed by atoms with Gasteiger partial charge in [0.2, 0.25) is 5.91 Å². The number of anilines is 2. The van der Waals surface area contributed by atoms with E-state index in [1.807, 2.05) is 23.1 Å². The van der Waals surface area contributed by atoms with Crippen molar-refractivity contribution in [2.24, 2.45) is 4.99 Å². The van der Waals surface area contributed by atoms with Crippen LogP contribution in [-0.2, 0) is 9.63 Å². The summed E-state index contributed by atoms with van der Waals surface area (Å²) in [5.74, 6) is 0.589. The Balaban J connectivity index is 1.22. The van der Waals surface area contributed by atoms with E-state index in [2.05, 4.69) is 15.2 Å². The van der Waals surface area contributed by atoms with Gasteiger partial charge in [0.1, 0.15) is 30.2 Å². The van der Waals surface area contributed by atoms with E-state index in [1.165, 1.54) is 6.07 Å². The summed E-state index contributed by atoms with van der Waals surface area (Å²) in [6.07, 6.45) is 4.87. The molecule has 2 saturated heterocycles. The van der Waals surface area contributed by atoms with Crippen molar-refractivity contribution in [2.45, 2.75) is 38.0 Å². The molecule has 8 nitrogen and oxygen atoms in total. The van der Waals surface area contributed by atoms with E-state index in [0.717, 1.165) is 69.0 Å². The highest BCUT2D eigenvalue weighted by Crippen LogP contribution is 2.36. The number of amides is 1. The molecule has 3 aliphatic rings. The molecule has 0 saturated carbocycles. The van der Waals surface area contributed by atoms with Crippen LogP contribution in [0.15, 0.2) is 41.4 Å². The first-order valence-corrected chi connectivity index (χ1v) is 12.8. The van der Waals surface area contributed by atoms with Gasteiger partial charge in [0, 0.05) is 50.4 Å². The highest BCUT2D eigenvalue weighted by atomic mass is 35.5. The van der Waals surface area contributed by atoms with Crippen LogP contribution < -0.4 is 15.1 Å². The summed E-state index contributed by atoms with van der Waals surface area (Å²) < 4.78 is 20.0. The number of ether oxygens (including phenoxy) is 1. The van der Waals surface area contributed by atoms with Gasteiger partial charge in [0.05, 0.1) is 17.8 Å². The zero-order valence-corrected chi connectivity index (χ0v) is 21.1. The van der Waals surface area contributed by atoms with Gasteiger partial charge < -0.3 is 19.9 Å². The van der Waals surface area contributed by atoms with Gasteiger partial charge in [-0.05, 0) is 55.7 Å². The van der Waals surface area contributed by atoms with Gasteiger partial charge in [-0.2, -0.15) is 0 Å². The maximum Gasteiger partial charge on any atom is 0.222 e. The fourth-order valence-electron chi connectivity index (χ4n) is 4.95. The summed E-state index contributed by atoms with van der Waals surface area (Å²) in [4.78, 5) is 26.2. The van der Waals surface area contributed by atoms with Crippen LogP contribution in [-0.4, -0.2) is 68.0 Å². The Morgan fingerprint density at radius 2 is 1.97 bits per heavy atom. The van der Waals surface area contributed by atoms with Gasteiger partial charge in [-0.15, -0.1) is 0 Å². The number of hydrogen-bond acceptors (Lipinski definition) is 7. The Morgan fingerprint density at radius 3 is 2.69 bits per heavy atom. The van der Waals surface area contributed by atoms with Crippen LogP contribution in [0.4, 0.5) is 15.8 Å². The fourth-order valence-corrected chi connectivity index (χ4v) is 5.13. The number of carbonyl (C=O) groups is 1. The van der Waals surface area contributed by atoms with Crippen molar-refractivity contribution in [2.75, 3.05) is 50.2 Å². The summed E-state index contributed by atoms with van der Waals surface area (Å²) in [5.41, 5.74) is 2.39. The number of likely N-dealkylation sites (tertiary alicyclic amines) is 2. The number of nitrogens with one attached hydrogen (secondary N) is 1. The molecule has 10 heteroatoms. The maximum absolute atomic E-state index is 13.6. The second kappa shape index (κ2) is 11.0. The molecular weight excluding hydrogens is 485 g/mol.